The molecule has 2 aromatic carbocycles. The number of benzene rings is 2. The Morgan fingerprint density at radius 3 is 2.34 bits per heavy atom. The predicted molar refractivity (Wildman–Crippen MR) is 141 cm³/mol. The van der Waals surface area contributed by atoms with Crippen LogP contribution in [0.25, 0.3) is 0 Å². The van der Waals surface area contributed by atoms with Crippen LogP contribution in [0.5, 0.6) is 17.2 Å². The van der Waals surface area contributed by atoms with Gasteiger partial charge in [0.15, 0.2) is 17.5 Å². The number of hydrogen-bond donors (Lipinski definition) is 2. The molecule has 2 aromatic rings. The maximum atomic E-state index is 5.68. The van der Waals surface area contributed by atoms with Gasteiger partial charge in [0.05, 0.1) is 20.8 Å². The van der Waals surface area contributed by atoms with Crippen LogP contribution in [-0.4, -0.2) is 53.0 Å². The van der Waals surface area contributed by atoms with Gasteiger partial charge in [-0.05, 0) is 50.1 Å². The first-order valence-corrected chi connectivity index (χ1v) is 10.7. The first kappa shape index (κ1) is 25.9. The molecular formula is C24H35IN4O3. The molecule has 1 atom stereocenters. The number of anilines is 1. The summed E-state index contributed by atoms with van der Waals surface area (Å²) in [6.45, 7) is 7.17. The van der Waals surface area contributed by atoms with Crippen LogP contribution in [0, 0.1) is 6.92 Å². The van der Waals surface area contributed by atoms with Crippen LogP contribution >= 0.6 is 24.0 Å². The van der Waals surface area contributed by atoms with Crippen LogP contribution in [0.2, 0.25) is 0 Å². The molecule has 0 saturated carbocycles. The molecule has 0 bridgehead atoms. The SMILES string of the molecule is CCOc1c(OC)cc(CNC(=NC)NC2CCN(c3ccc(C)cc3)C2)cc1OC.I. The second-order valence-corrected chi connectivity index (χ2v) is 7.60. The van der Waals surface area contributed by atoms with Gasteiger partial charge < -0.3 is 29.7 Å². The van der Waals surface area contributed by atoms with E-state index in [1.165, 1.54) is 11.3 Å². The quantitative estimate of drug-likeness (QED) is 0.293. The van der Waals surface area contributed by atoms with Crippen molar-refractivity contribution in [3.8, 4) is 17.2 Å². The fraction of sp³-hybridized carbons (Fsp3) is 0.458. The molecule has 32 heavy (non-hydrogen) atoms. The van der Waals surface area contributed by atoms with Crippen molar-refractivity contribution in [1.82, 2.24) is 10.6 Å². The second-order valence-electron chi connectivity index (χ2n) is 7.60. The largest absolute Gasteiger partial charge is 0.493 e. The third-order valence-corrected chi connectivity index (χ3v) is 5.42. The smallest absolute Gasteiger partial charge is 0.203 e. The number of methoxy groups -OCH3 is 2. The zero-order chi connectivity index (χ0) is 22.2. The van der Waals surface area contributed by atoms with Crippen molar-refractivity contribution in [2.75, 3.05) is 45.9 Å². The summed E-state index contributed by atoms with van der Waals surface area (Å²) in [5, 5.41) is 6.94. The van der Waals surface area contributed by atoms with Gasteiger partial charge >= 0.3 is 0 Å². The van der Waals surface area contributed by atoms with Gasteiger partial charge in [0, 0.05) is 38.4 Å². The molecule has 0 amide bonds. The summed E-state index contributed by atoms with van der Waals surface area (Å²) in [5.74, 6) is 2.72. The molecule has 1 heterocycles. The number of rotatable bonds is 8. The molecule has 176 valence electrons. The van der Waals surface area contributed by atoms with Gasteiger partial charge in [-0.25, -0.2) is 0 Å². The van der Waals surface area contributed by atoms with E-state index in [-0.39, 0.29) is 24.0 Å². The minimum Gasteiger partial charge on any atom is -0.493 e. The summed E-state index contributed by atoms with van der Waals surface area (Å²) >= 11 is 0. The highest BCUT2D eigenvalue weighted by atomic mass is 127. The van der Waals surface area contributed by atoms with Gasteiger partial charge in [-0.3, -0.25) is 4.99 Å². The van der Waals surface area contributed by atoms with E-state index in [2.05, 4.69) is 51.7 Å². The van der Waals surface area contributed by atoms with Crippen molar-refractivity contribution in [1.29, 1.82) is 0 Å². The summed E-state index contributed by atoms with van der Waals surface area (Å²) in [6.07, 6.45) is 1.07. The van der Waals surface area contributed by atoms with E-state index < -0.39 is 0 Å². The van der Waals surface area contributed by atoms with E-state index >= 15 is 0 Å². The van der Waals surface area contributed by atoms with Gasteiger partial charge in [-0.2, -0.15) is 0 Å². The number of aliphatic imine (C=N–C) groups is 1. The van der Waals surface area contributed by atoms with Gasteiger partial charge in [0.25, 0.3) is 0 Å². The Bertz CT molecular complexity index is 864. The highest BCUT2D eigenvalue weighted by molar-refractivity contribution is 14.0. The molecule has 8 heteroatoms. The van der Waals surface area contributed by atoms with Crippen molar-refractivity contribution >= 4 is 35.6 Å². The van der Waals surface area contributed by atoms with Crippen LogP contribution in [0.3, 0.4) is 0 Å². The van der Waals surface area contributed by atoms with Crippen LogP contribution in [-0.2, 0) is 6.54 Å². The summed E-state index contributed by atoms with van der Waals surface area (Å²) < 4.78 is 16.7. The minimum absolute atomic E-state index is 0. The minimum atomic E-state index is 0. The maximum Gasteiger partial charge on any atom is 0.203 e. The van der Waals surface area contributed by atoms with Crippen molar-refractivity contribution in [3.63, 3.8) is 0 Å². The van der Waals surface area contributed by atoms with E-state index in [1.54, 1.807) is 21.3 Å². The topological polar surface area (TPSA) is 67.4 Å². The van der Waals surface area contributed by atoms with Gasteiger partial charge in [0.2, 0.25) is 5.75 Å². The number of nitrogens with one attached hydrogen (secondary N) is 2. The van der Waals surface area contributed by atoms with Crippen molar-refractivity contribution in [2.45, 2.75) is 32.9 Å². The second kappa shape index (κ2) is 12.6. The third-order valence-electron chi connectivity index (χ3n) is 5.42. The van der Waals surface area contributed by atoms with Crippen LogP contribution in [0.1, 0.15) is 24.5 Å². The number of nitrogens with zero attached hydrogens (tertiary/aromatic N) is 2. The van der Waals surface area contributed by atoms with Crippen LogP contribution in [0.4, 0.5) is 5.69 Å². The molecule has 1 aliphatic heterocycles. The Labute approximate surface area is 208 Å². The molecular weight excluding hydrogens is 519 g/mol. The lowest BCUT2D eigenvalue weighted by atomic mass is 10.1. The molecule has 3 rings (SSSR count). The lowest BCUT2D eigenvalue weighted by Gasteiger charge is -2.21. The van der Waals surface area contributed by atoms with E-state index in [0.717, 1.165) is 31.0 Å². The standard InChI is InChI=1S/C24H34N4O3.HI/c1-6-31-23-21(29-4)13-18(14-22(23)30-5)15-26-24(25-3)27-19-11-12-28(16-19)20-9-7-17(2)8-10-20;/h7-10,13-14,19H,6,11-12,15-16H2,1-5H3,(H2,25,26,27);1H. The maximum absolute atomic E-state index is 5.68. The lowest BCUT2D eigenvalue weighted by molar-refractivity contribution is 0.288. The third kappa shape index (κ3) is 6.57. The van der Waals surface area contributed by atoms with Crippen molar-refractivity contribution in [3.05, 3.63) is 47.5 Å². The molecule has 1 aliphatic rings. The highest BCUT2D eigenvalue weighted by Crippen LogP contribution is 2.38. The molecule has 0 aromatic heterocycles. The number of halogens is 1. The zero-order valence-electron chi connectivity index (χ0n) is 19.6. The van der Waals surface area contributed by atoms with Gasteiger partial charge in [0.1, 0.15) is 0 Å². The van der Waals surface area contributed by atoms with Gasteiger partial charge in [-0.1, -0.05) is 17.7 Å². The predicted octanol–water partition coefficient (Wildman–Crippen LogP) is 3.97. The average molecular weight is 554 g/mol. The van der Waals surface area contributed by atoms with Crippen LogP contribution < -0.4 is 29.7 Å². The number of hydrogen-bond acceptors (Lipinski definition) is 5. The number of ether oxygens (including phenoxy) is 3. The van der Waals surface area contributed by atoms with Gasteiger partial charge in [-0.15, -0.1) is 24.0 Å². The number of guanidine groups is 1. The zero-order valence-corrected chi connectivity index (χ0v) is 21.9. The molecule has 2 N–H and O–H groups in total. The van der Waals surface area contributed by atoms with Crippen molar-refractivity contribution in [2.24, 2.45) is 4.99 Å². The number of aryl methyl sites for hydroxylation is 1. The average Bonchev–Trinajstić information content (AvgIpc) is 3.26. The Kier molecular flexibility index (Phi) is 10.2. The monoisotopic (exact) mass is 554 g/mol. The first-order valence-electron chi connectivity index (χ1n) is 10.7. The molecule has 7 nitrogen and oxygen atoms in total. The Hall–Kier alpha value is -2.36. The summed E-state index contributed by atoms with van der Waals surface area (Å²) in [4.78, 5) is 6.81. The Morgan fingerprint density at radius 2 is 1.78 bits per heavy atom. The van der Waals surface area contributed by atoms with Crippen molar-refractivity contribution < 1.29 is 14.2 Å². The summed E-state index contributed by atoms with van der Waals surface area (Å²) in [6, 6.07) is 13.0. The van der Waals surface area contributed by atoms with E-state index in [9.17, 15) is 0 Å². The summed E-state index contributed by atoms with van der Waals surface area (Å²) in [7, 11) is 5.06. The van der Waals surface area contributed by atoms with E-state index in [1.807, 2.05) is 19.1 Å². The fourth-order valence-corrected chi connectivity index (χ4v) is 3.76. The van der Waals surface area contributed by atoms with E-state index in [4.69, 9.17) is 14.2 Å². The molecule has 0 spiro atoms. The fourth-order valence-electron chi connectivity index (χ4n) is 3.76. The molecule has 0 radical (unpaired) electrons. The lowest BCUT2D eigenvalue weighted by Crippen LogP contribution is -2.44. The molecule has 1 unspecified atom stereocenters. The Balaban J connectivity index is 0.00000363. The van der Waals surface area contributed by atoms with E-state index in [0.29, 0.717) is 36.4 Å². The molecule has 0 aliphatic carbocycles. The molecule has 1 saturated heterocycles. The van der Waals surface area contributed by atoms with Crippen LogP contribution in [0.15, 0.2) is 41.4 Å². The normalized spacial score (nSPS) is 15.7. The Morgan fingerprint density at radius 1 is 1.12 bits per heavy atom. The highest BCUT2D eigenvalue weighted by Gasteiger charge is 2.23. The summed E-state index contributed by atoms with van der Waals surface area (Å²) in [5.41, 5.74) is 3.57. The molecule has 1 fully saturated rings. The first-order chi connectivity index (χ1) is 15.1.